The zero-order chi connectivity index (χ0) is 19.3. The van der Waals surface area contributed by atoms with E-state index in [0.29, 0.717) is 12.1 Å². The fourth-order valence-corrected chi connectivity index (χ4v) is 3.19. The Labute approximate surface area is 155 Å². The molecule has 146 valence electrons. The highest BCUT2D eigenvalue weighted by Gasteiger charge is 2.30. The number of hydrogen-bond donors (Lipinski definition) is 2. The van der Waals surface area contributed by atoms with Gasteiger partial charge in [0.05, 0.1) is 17.9 Å². The first kappa shape index (κ1) is 19.3. The van der Waals surface area contributed by atoms with Crippen LogP contribution in [0.15, 0.2) is 47.1 Å². The van der Waals surface area contributed by atoms with Crippen molar-refractivity contribution in [3.8, 4) is 0 Å². The number of halogens is 3. The van der Waals surface area contributed by atoms with Gasteiger partial charge in [0, 0.05) is 13.1 Å². The van der Waals surface area contributed by atoms with E-state index in [0.717, 1.165) is 43.8 Å². The van der Waals surface area contributed by atoms with Crippen LogP contribution in [0.2, 0.25) is 0 Å². The van der Waals surface area contributed by atoms with Crippen molar-refractivity contribution in [1.29, 1.82) is 0 Å². The van der Waals surface area contributed by atoms with Crippen molar-refractivity contribution in [1.82, 2.24) is 15.5 Å². The standard InChI is InChI=1S/C19H22F3N3O2/c20-19(21,22)15-7-5-14(6-8-15)12-23-18(26)24-13-16(17-4-3-11-27-17)25-9-1-2-10-25/h3-8,11,16H,1-2,9-10,12-13H2,(H2,23,24,26). The molecule has 2 heterocycles. The Bertz CT molecular complexity index is 724. The Hall–Kier alpha value is -2.48. The average Bonchev–Trinajstić information content (AvgIpc) is 3.34. The fourth-order valence-electron chi connectivity index (χ4n) is 3.19. The molecule has 1 aliphatic heterocycles. The quantitative estimate of drug-likeness (QED) is 0.797. The summed E-state index contributed by atoms with van der Waals surface area (Å²) in [5.41, 5.74) is -0.108. The van der Waals surface area contributed by atoms with Crippen LogP contribution in [0.3, 0.4) is 0 Å². The average molecular weight is 381 g/mol. The molecule has 2 N–H and O–H groups in total. The minimum Gasteiger partial charge on any atom is -0.468 e. The van der Waals surface area contributed by atoms with Gasteiger partial charge >= 0.3 is 12.2 Å². The van der Waals surface area contributed by atoms with Gasteiger partial charge in [-0.3, -0.25) is 4.90 Å². The second-order valence-corrected chi connectivity index (χ2v) is 6.53. The molecule has 1 saturated heterocycles. The van der Waals surface area contributed by atoms with Crippen LogP contribution in [0.4, 0.5) is 18.0 Å². The molecule has 2 amide bonds. The highest BCUT2D eigenvalue weighted by Crippen LogP contribution is 2.29. The van der Waals surface area contributed by atoms with Crippen molar-refractivity contribution >= 4 is 6.03 Å². The van der Waals surface area contributed by atoms with Crippen molar-refractivity contribution < 1.29 is 22.4 Å². The summed E-state index contributed by atoms with van der Waals surface area (Å²) >= 11 is 0. The number of rotatable bonds is 6. The predicted octanol–water partition coefficient (Wildman–Crippen LogP) is 3.93. The van der Waals surface area contributed by atoms with E-state index < -0.39 is 11.7 Å². The summed E-state index contributed by atoms with van der Waals surface area (Å²) in [7, 11) is 0. The molecule has 1 aromatic carbocycles. The summed E-state index contributed by atoms with van der Waals surface area (Å²) in [5, 5.41) is 5.49. The molecular weight excluding hydrogens is 359 g/mol. The normalized spacial score (nSPS) is 16.3. The minimum atomic E-state index is -4.36. The summed E-state index contributed by atoms with van der Waals surface area (Å²) in [5.74, 6) is 0.805. The smallest absolute Gasteiger partial charge is 0.416 e. The van der Waals surface area contributed by atoms with E-state index >= 15 is 0 Å². The van der Waals surface area contributed by atoms with Gasteiger partial charge in [0.25, 0.3) is 0 Å². The lowest BCUT2D eigenvalue weighted by atomic mass is 10.1. The topological polar surface area (TPSA) is 57.5 Å². The number of amides is 2. The van der Waals surface area contributed by atoms with Crippen molar-refractivity contribution in [3.05, 3.63) is 59.5 Å². The number of nitrogens with zero attached hydrogens (tertiary/aromatic N) is 1. The molecule has 8 heteroatoms. The first-order valence-electron chi connectivity index (χ1n) is 8.89. The van der Waals surface area contributed by atoms with Gasteiger partial charge in [0.1, 0.15) is 5.76 Å². The Kier molecular flexibility index (Phi) is 6.05. The Morgan fingerprint density at radius 2 is 1.81 bits per heavy atom. The highest BCUT2D eigenvalue weighted by atomic mass is 19.4. The van der Waals surface area contributed by atoms with Gasteiger partial charge < -0.3 is 15.1 Å². The van der Waals surface area contributed by atoms with Gasteiger partial charge in [-0.15, -0.1) is 0 Å². The molecule has 0 bridgehead atoms. The molecule has 1 fully saturated rings. The molecule has 1 unspecified atom stereocenters. The lowest BCUT2D eigenvalue weighted by Gasteiger charge is -2.26. The number of carbonyl (C=O) groups excluding carboxylic acids is 1. The molecule has 0 aliphatic carbocycles. The van der Waals surface area contributed by atoms with Crippen molar-refractivity contribution in [3.63, 3.8) is 0 Å². The lowest BCUT2D eigenvalue weighted by molar-refractivity contribution is -0.137. The maximum atomic E-state index is 12.6. The number of furan rings is 1. The van der Waals surface area contributed by atoms with E-state index in [1.165, 1.54) is 12.1 Å². The maximum absolute atomic E-state index is 12.6. The van der Waals surface area contributed by atoms with Crippen LogP contribution in [-0.4, -0.2) is 30.6 Å². The second-order valence-electron chi connectivity index (χ2n) is 6.53. The van der Waals surface area contributed by atoms with Gasteiger partial charge in [-0.25, -0.2) is 4.79 Å². The second kappa shape index (κ2) is 8.47. The molecule has 2 aromatic rings. The number of alkyl halides is 3. The molecule has 1 aromatic heterocycles. The van der Waals surface area contributed by atoms with Crippen LogP contribution in [-0.2, 0) is 12.7 Å². The van der Waals surface area contributed by atoms with Gasteiger partial charge in [0.2, 0.25) is 0 Å². The summed E-state index contributed by atoms with van der Waals surface area (Å²) in [6.45, 7) is 2.46. The van der Waals surface area contributed by atoms with E-state index in [4.69, 9.17) is 4.42 Å². The largest absolute Gasteiger partial charge is 0.468 e. The third-order valence-corrected chi connectivity index (χ3v) is 4.64. The predicted molar refractivity (Wildman–Crippen MR) is 93.9 cm³/mol. The van der Waals surface area contributed by atoms with Crippen LogP contribution in [0.1, 0.15) is 35.8 Å². The van der Waals surface area contributed by atoms with Crippen LogP contribution >= 0.6 is 0 Å². The number of carbonyl (C=O) groups is 1. The third kappa shape index (κ3) is 5.26. The van der Waals surface area contributed by atoms with E-state index in [1.54, 1.807) is 6.26 Å². The minimum absolute atomic E-state index is 0.0284. The summed E-state index contributed by atoms with van der Waals surface area (Å²) in [6.07, 6.45) is -0.502. The number of benzene rings is 1. The number of likely N-dealkylation sites (tertiary alicyclic amines) is 1. The maximum Gasteiger partial charge on any atom is 0.416 e. The van der Waals surface area contributed by atoms with E-state index in [1.807, 2.05) is 12.1 Å². The monoisotopic (exact) mass is 381 g/mol. The van der Waals surface area contributed by atoms with Crippen molar-refractivity contribution in [2.75, 3.05) is 19.6 Å². The van der Waals surface area contributed by atoms with Crippen LogP contribution in [0, 0.1) is 0 Å². The lowest BCUT2D eigenvalue weighted by Crippen LogP contribution is -2.41. The molecular formula is C19H22F3N3O2. The van der Waals surface area contributed by atoms with Gasteiger partial charge in [-0.2, -0.15) is 13.2 Å². The first-order valence-corrected chi connectivity index (χ1v) is 8.89. The van der Waals surface area contributed by atoms with E-state index in [2.05, 4.69) is 15.5 Å². The first-order chi connectivity index (χ1) is 12.9. The van der Waals surface area contributed by atoms with Crippen LogP contribution < -0.4 is 10.6 Å². The summed E-state index contributed by atoms with van der Waals surface area (Å²) in [4.78, 5) is 14.4. The zero-order valence-corrected chi connectivity index (χ0v) is 14.8. The SMILES string of the molecule is O=C(NCc1ccc(C(F)(F)F)cc1)NCC(c1ccco1)N1CCCC1. The third-order valence-electron chi connectivity index (χ3n) is 4.64. The number of nitrogens with one attached hydrogen (secondary N) is 2. The molecule has 0 saturated carbocycles. The number of urea groups is 1. The highest BCUT2D eigenvalue weighted by molar-refractivity contribution is 5.73. The molecule has 3 rings (SSSR count). The summed E-state index contributed by atoms with van der Waals surface area (Å²) < 4.78 is 43.2. The Morgan fingerprint density at radius 3 is 2.41 bits per heavy atom. The van der Waals surface area contributed by atoms with E-state index in [-0.39, 0.29) is 18.6 Å². The van der Waals surface area contributed by atoms with Crippen LogP contribution in [0.5, 0.6) is 0 Å². The van der Waals surface area contributed by atoms with Crippen molar-refractivity contribution in [2.24, 2.45) is 0 Å². The Morgan fingerprint density at radius 1 is 1.11 bits per heavy atom. The van der Waals surface area contributed by atoms with Gasteiger partial charge in [0.15, 0.2) is 0 Å². The van der Waals surface area contributed by atoms with E-state index in [9.17, 15) is 18.0 Å². The Balaban J connectivity index is 1.49. The molecule has 1 atom stereocenters. The molecule has 1 aliphatic rings. The van der Waals surface area contributed by atoms with Gasteiger partial charge in [-0.05, 0) is 55.8 Å². The van der Waals surface area contributed by atoms with Crippen LogP contribution in [0.25, 0.3) is 0 Å². The molecule has 27 heavy (non-hydrogen) atoms. The van der Waals surface area contributed by atoms with Crippen molar-refractivity contribution in [2.45, 2.75) is 31.6 Å². The molecule has 0 radical (unpaired) electrons. The van der Waals surface area contributed by atoms with Gasteiger partial charge in [-0.1, -0.05) is 12.1 Å². The summed E-state index contributed by atoms with van der Waals surface area (Å²) in [6, 6.07) is 8.06. The fraction of sp³-hybridized carbons (Fsp3) is 0.421. The molecule has 0 spiro atoms. The zero-order valence-electron chi connectivity index (χ0n) is 14.8. The number of hydrogen-bond acceptors (Lipinski definition) is 3. The molecule has 5 nitrogen and oxygen atoms in total.